The summed E-state index contributed by atoms with van der Waals surface area (Å²) < 4.78 is 22.9. The molecule has 1 aromatic heterocycles. The number of carbonyl (C=O) groups is 3. The molecule has 1 aliphatic heterocycles. The third-order valence-electron chi connectivity index (χ3n) is 6.02. The fraction of sp³-hybridized carbons (Fsp3) is 0.269. The van der Waals surface area contributed by atoms with Crippen LogP contribution in [0.1, 0.15) is 36.8 Å². The van der Waals surface area contributed by atoms with Gasteiger partial charge in [-0.1, -0.05) is 65.8 Å². The van der Waals surface area contributed by atoms with Crippen LogP contribution in [0.4, 0.5) is 5.13 Å². The Morgan fingerprint density at radius 3 is 2.24 bits per heavy atom. The number of nitrogens with one attached hydrogen (secondary N) is 1. The highest BCUT2D eigenvalue weighted by molar-refractivity contribution is 7.51. The Kier molecular flexibility index (Phi) is 8.88. The minimum Gasteiger partial charge on any atom is -0.450 e. The Morgan fingerprint density at radius 2 is 1.76 bits per heavy atom. The van der Waals surface area contributed by atoms with E-state index in [1.54, 1.807) is 0 Å². The van der Waals surface area contributed by atoms with Crippen LogP contribution in [0.5, 0.6) is 0 Å². The van der Waals surface area contributed by atoms with Crippen LogP contribution in [0.25, 0.3) is 0 Å². The number of oxime groups is 1. The SMILES string of the molecule is COP(=O)(O)N1C[C@H](NC(=O)C(=NOC(C)(C)C(=O)OC(c2ccccc2)c2ccccc2)c2csc(N)n2)C1=O. The molecule has 13 nitrogen and oxygen atoms in total. The fourth-order valence-corrected chi connectivity index (χ4v) is 5.20. The van der Waals surface area contributed by atoms with Crippen molar-refractivity contribution in [2.24, 2.45) is 5.16 Å². The number of anilines is 1. The van der Waals surface area contributed by atoms with E-state index in [1.807, 2.05) is 60.7 Å². The van der Waals surface area contributed by atoms with E-state index >= 15 is 0 Å². The minimum atomic E-state index is -4.30. The lowest BCUT2D eigenvalue weighted by molar-refractivity contribution is -0.172. The molecule has 1 saturated heterocycles. The summed E-state index contributed by atoms with van der Waals surface area (Å²) in [6, 6.07) is 17.2. The van der Waals surface area contributed by atoms with Crippen LogP contribution in [0.2, 0.25) is 0 Å². The highest BCUT2D eigenvalue weighted by atomic mass is 32.1. The second-order valence-corrected chi connectivity index (χ2v) is 12.1. The lowest BCUT2D eigenvalue weighted by Gasteiger charge is -2.39. The molecule has 2 heterocycles. The summed E-state index contributed by atoms with van der Waals surface area (Å²) in [5.41, 5.74) is 5.21. The van der Waals surface area contributed by atoms with Gasteiger partial charge in [-0.2, -0.15) is 0 Å². The number of thiazole rings is 1. The Labute approximate surface area is 239 Å². The minimum absolute atomic E-state index is 0.0361. The van der Waals surface area contributed by atoms with Crippen LogP contribution >= 0.6 is 19.1 Å². The van der Waals surface area contributed by atoms with Gasteiger partial charge in [0.2, 0.25) is 5.60 Å². The number of esters is 1. The maximum atomic E-state index is 13.3. The van der Waals surface area contributed by atoms with E-state index in [-0.39, 0.29) is 23.1 Å². The highest BCUT2D eigenvalue weighted by Crippen LogP contribution is 2.48. The molecule has 0 bridgehead atoms. The van der Waals surface area contributed by atoms with Gasteiger partial charge >= 0.3 is 13.7 Å². The summed E-state index contributed by atoms with van der Waals surface area (Å²) >= 11 is 1.04. The Balaban J connectivity index is 1.52. The zero-order valence-electron chi connectivity index (χ0n) is 22.3. The Bertz CT molecular complexity index is 1460. The van der Waals surface area contributed by atoms with Gasteiger partial charge in [0.15, 0.2) is 16.9 Å². The van der Waals surface area contributed by atoms with Crippen LogP contribution in [0.15, 0.2) is 71.2 Å². The van der Waals surface area contributed by atoms with Crippen molar-refractivity contribution in [1.29, 1.82) is 0 Å². The van der Waals surface area contributed by atoms with Gasteiger partial charge < -0.3 is 25.5 Å². The van der Waals surface area contributed by atoms with E-state index in [0.29, 0.717) is 4.67 Å². The van der Waals surface area contributed by atoms with Crippen molar-refractivity contribution in [3.63, 3.8) is 0 Å². The summed E-state index contributed by atoms with van der Waals surface area (Å²) in [6.07, 6.45) is -0.736. The maximum Gasteiger partial charge on any atom is 0.434 e. The quantitative estimate of drug-likeness (QED) is 0.0971. The van der Waals surface area contributed by atoms with Gasteiger partial charge in [-0.05, 0) is 25.0 Å². The van der Waals surface area contributed by atoms with E-state index in [2.05, 4.69) is 20.0 Å². The van der Waals surface area contributed by atoms with Crippen molar-refractivity contribution < 1.29 is 37.9 Å². The molecule has 0 radical (unpaired) electrons. The van der Waals surface area contributed by atoms with Gasteiger partial charge in [-0.25, -0.2) is 19.0 Å². The first-order valence-corrected chi connectivity index (χ1v) is 14.6. The second-order valence-electron chi connectivity index (χ2n) is 9.34. The van der Waals surface area contributed by atoms with Gasteiger partial charge in [0.05, 0.1) is 6.54 Å². The highest BCUT2D eigenvalue weighted by Gasteiger charge is 2.48. The molecule has 3 aromatic rings. The Morgan fingerprint density at radius 1 is 1.17 bits per heavy atom. The van der Waals surface area contributed by atoms with Crippen molar-refractivity contribution in [3.05, 3.63) is 82.9 Å². The van der Waals surface area contributed by atoms with Gasteiger partial charge in [-0.3, -0.25) is 14.1 Å². The van der Waals surface area contributed by atoms with E-state index in [4.69, 9.17) is 15.3 Å². The summed E-state index contributed by atoms with van der Waals surface area (Å²) in [7, 11) is -3.31. The van der Waals surface area contributed by atoms with Gasteiger partial charge in [0.1, 0.15) is 11.7 Å². The number of amides is 2. The van der Waals surface area contributed by atoms with Crippen molar-refractivity contribution in [3.8, 4) is 0 Å². The first kappa shape index (κ1) is 29.9. The molecule has 216 valence electrons. The number of β-lactam (4-membered cyclic amide) rings is 1. The molecule has 4 rings (SSSR count). The number of carbonyl (C=O) groups excluding carboxylic acids is 3. The number of benzene rings is 2. The molecular formula is C26H28N5O8PS. The van der Waals surface area contributed by atoms with Gasteiger partial charge in [0, 0.05) is 12.5 Å². The first-order valence-electron chi connectivity index (χ1n) is 12.2. The molecule has 41 heavy (non-hydrogen) atoms. The number of nitrogens with two attached hydrogens (primary N) is 1. The average Bonchev–Trinajstić information content (AvgIpc) is 3.39. The molecule has 4 N–H and O–H groups in total. The normalized spacial score (nSPS) is 17.0. The monoisotopic (exact) mass is 601 g/mol. The predicted octanol–water partition coefficient (Wildman–Crippen LogP) is 2.63. The van der Waals surface area contributed by atoms with Crippen molar-refractivity contribution >= 4 is 47.7 Å². The average molecular weight is 602 g/mol. The number of rotatable bonds is 11. The third-order valence-corrected chi connectivity index (χ3v) is 8.14. The number of aromatic nitrogens is 1. The number of nitrogen functional groups attached to an aromatic ring is 1. The molecule has 1 aliphatic rings. The standard InChI is InChI=1S/C26H28N5O8PS/c1-26(2,24(34)38-21(16-10-6-4-7-11-16)17-12-8-5-9-13-17)39-30-20(19-15-41-25(27)29-19)22(32)28-18-14-31(23(18)33)40(35,36)37-3/h4-13,15,18,21H,14H2,1-3H3,(H2,27,29)(H,28,32)(H,35,36)/t18-/m0/s1. The lowest BCUT2D eigenvalue weighted by Crippen LogP contribution is -2.63. The zero-order chi connectivity index (χ0) is 29.8. The topological polar surface area (TPSA) is 183 Å². The van der Waals surface area contributed by atoms with Crippen LogP contribution < -0.4 is 11.1 Å². The molecular weight excluding hydrogens is 573 g/mol. The molecule has 0 spiro atoms. The summed E-state index contributed by atoms with van der Waals surface area (Å²) in [5, 5.41) is 7.92. The third kappa shape index (κ3) is 6.80. The van der Waals surface area contributed by atoms with Crippen molar-refractivity contribution in [2.75, 3.05) is 19.4 Å². The van der Waals surface area contributed by atoms with E-state index in [1.165, 1.54) is 19.2 Å². The molecule has 2 aromatic carbocycles. The van der Waals surface area contributed by atoms with Crippen LogP contribution in [0.3, 0.4) is 0 Å². The first-order chi connectivity index (χ1) is 19.4. The van der Waals surface area contributed by atoms with E-state index in [9.17, 15) is 23.8 Å². The molecule has 0 aliphatic carbocycles. The number of hydrogen-bond acceptors (Lipinski definition) is 11. The largest absolute Gasteiger partial charge is 0.450 e. The number of hydrogen-bond donors (Lipinski definition) is 3. The van der Waals surface area contributed by atoms with Crippen molar-refractivity contribution in [2.45, 2.75) is 31.6 Å². The second kappa shape index (κ2) is 12.2. The molecule has 1 unspecified atom stereocenters. The van der Waals surface area contributed by atoms with Gasteiger partial charge in [-0.15, -0.1) is 11.3 Å². The number of nitrogens with zero attached hydrogens (tertiary/aromatic N) is 3. The molecule has 1 fully saturated rings. The van der Waals surface area contributed by atoms with Crippen LogP contribution in [-0.4, -0.2) is 63.3 Å². The zero-order valence-corrected chi connectivity index (χ0v) is 24.0. The molecule has 0 saturated carbocycles. The summed E-state index contributed by atoms with van der Waals surface area (Å²) in [6.45, 7) is 2.58. The number of ether oxygens (including phenoxy) is 1. The lowest BCUT2D eigenvalue weighted by atomic mass is 10.0. The predicted molar refractivity (Wildman–Crippen MR) is 150 cm³/mol. The van der Waals surface area contributed by atoms with Crippen LogP contribution in [0, 0.1) is 0 Å². The van der Waals surface area contributed by atoms with Gasteiger partial charge in [0.25, 0.3) is 11.8 Å². The van der Waals surface area contributed by atoms with E-state index in [0.717, 1.165) is 29.6 Å². The Hall–Kier alpha value is -4.10. The maximum absolute atomic E-state index is 13.3. The van der Waals surface area contributed by atoms with E-state index < -0.39 is 43.3 Å². The molecule has 15 heteroatoms. The molecule has 2 amide bonds. The van der Waals surface area contributed by atoms with Crippen molar-refractivity contribution in [1.82, 2.24) is 15.0 Å². The van der Waals surface area contributed by atoms with Crippen LogP contribution in [-0.2, 0) is 33.0 Å². The summed E-state index contributed by atoms with van der Waals surface area (Å²) in [4.78, 5) is 58.1. The summed E-state index contributed by atoms with van der Waals surface area (Å²) in [5.74, 6) is -2.46. The fourth-order valence-electron chi connectivity index (χ4n) is 3.70. The smallest absolute Gasteiger partial charge is 0.434 e. The molecule has 2 atom stereocenters.